The van der Waals surface area contributed by atoms with Crippen LogP contribution in [0.25, 0.3) is 22.6 Å². The number of aromatic nitrogens is 2. The van der Waals surface area contributed by atoms with Gasteiger partial charge >= 0.3 is 0 Å². The van der Waals surface area contributed by atoms with Crippen LogP contribution in [0.3, 0.4) is 0 Å². The molecule has 0 aliphatic carbocycles. The van der Waals surface area contributed by atoms with Crippen LogP contribution >= 0.6 is 0 Å². The number of hydrogen-bond donors (Lipinski definition) is 1. The van der Waals surface area contributed by atoms with E-state index >= 15 is 0 Å². The van der Waals surface area contributed by atoms with Gasteiger partial charge in [0.25, 0.3) is 6.01 Å². The molecule has 0 fully saturated rings. The number of rotatable bonds is 5. The van der Waals surface area contributed by atoms with E-state index in [2.05, 4.69) is 15.3 Å². The van der Waals surface area contributed by atoms with Gasteiger partial charge in [0.15, 0.2) is 17.4 Å². The van der Waals surface area contributed by atoms with Crippen LogP contribution in [0.15, 0.2) is 63.6 Å². The number of nitrogens with zero attached hydrogens (tertiary/aromatic N) is 2. The van der Waals surface area contributed by atoms with Crippen LogP contribution in [-0.4, -0.2) is 17.1 Å². The molecule has 27 heavy (non-hydrogen) atoms. The minimum Gasteiger partial charge on any atom is -0.496 e. The molecule has 0 unspecified atom stereocenters. The molecule has 136 valence electrons. The number of aryl methyl sites for hydroxylation is 2. The Hall–Kier alpha value is -3.54. The summed E-state index contributed by atoms with van der Waals surface area (Å²) < 4.78 is 17.0. The van der Waals surface area contributed by atoms with Gasteiger partial charge in [0, 0.05) is 24.2 Å². The predicted molar refractivity (Wildman–Crippen MR) is 103 cm³/mol. The van der Waals surface area contributed by atoms with E-state index in [1.165, 1.54) is 0 Å². The Labute approximate surface area is 156 Å². The molecule has 0 saturated heterocycles. The fourth-order valence-corrected chi connectivity index (χ4v) is 2.93. The molecule has 0 saturated carbocycles. The number of nitrogens with one attached hydrogen (secondary N) is 1. The lowest BCUT2D eigenvalue weighted by molar-refractivity contribution is 0.414. The summed E-state index contributed by atoms with van der Waals surface area (Å²) in [4.78, 5) is 8.62. The summed E-state index contributed by atoms with van der Waals surface area (Å²) in [5.41, 5.74) is 3.44. The van der Waals surface area contributed by atoms with E-state index in [1.807, 2.05) is 62.4 Å². The Balaban J connectivity index is 1.60. The molecule has 1 N–H and O–H groups in total. The van der Waals surface area contributed by atoms with Gasteiger partial charge in [-0.25, -0.2) is 9.97 Å². The summed E-state index contributed by atoms with van der Waals surface area (Å²) in [6.07, 6.45) is 1.70. The Morgan fingerprint density at radius 1 is 1.00 bits per heavy atom. The molecule has 0 atom stereocenters. The summed E-state index contributed by atoms with van der Waals surface area (Å²) in [6.45, 7) is 3.74. The maximum Gasteiger partial charge on any atom is 0.299 e. The largest absolute Gasteiger partial charge is 0.496 e. The molecule has 0 bridgehead atoms. The second-order valence-electron chi connectivity index (χ2n) is 6.08. The summed E-state index contributed by atoms with van der Waals surface area (Å²) in [5, 5.41) is 3.16. The van der Waals surface area contributed by atoms with E-state index in [4.69, 9.17) is 13.6 Å². The summed E-state index contributed by atoms with van der Waals surface area (Å²) in [6, 6.07) is 16.0. The van der Waals surface area contributed by atoms with Gasteiger partial charge in [-0.15, -0.1) is 0 Å². The minimum atomic E-state index is 0.412. The fourth-order valence-electron chi connectivity index (χ4n) is 2.93. The van der Waals surface area contributed by atoms with Crippen LogP contribution in [0, 0.1) is 13.8 Å². The Morgan fingerprint density at radius 3 is 2.52 bits per heavy atom. The van der Waals surface area contributed by atoms with Crippen molar-refractivity contribution in [1.29, 1.82) is 0 Å². The molecule has 0 amide bonds. The third kappa shape index (κ3) is 3.42. The van der Waals surface area contributed by atoms with Crippen molar-refractivity contribution >= 4 is 11.7 Å². The maximum atomic E-state index is 5.79. The number of ether oxygens (including phenoxy) is 1. The zero-order valence-corrected chi connectivity index (χ0v) is 15.3. The molecule has 6 heteroatoms. The molecule has 2 aromatic carbocycles. The first-order valence-electron chi connectivity index (χ1n) is 8.55. The second kappa shape index (κ2) is 6.99. The van der Waals surface area contributed by atoms with E-state index in [1.54, 1.807) is 13.3 Å². The molecular weight excluding hydrogens is 342 g/mol. The highest BCUT2D eigenvalue weighted by Crippen LogP contribution is 2.35. The molecule has 2 aromatic heterocycles. The van der Waals surface area contributed by atoms with Gasteiger partial charge in [-0.3, -0.25) is 0 Å². The molecule has 4 rings (SSSR count). The van der Waals surface area contributed by atoms with Crippen molar-refractivity contribution in [2.45, 2.75) is 13.8 Å². The zero-order valence-electron chi connectivity index (χ0n) is 15.3. The van der Waals surface area contributed by atoms with E-state index in [0.717, 1.165) is 22.5 Å². The quantitative estimate of drug-likeness (QED) is 0.515. The SMILES string of the molecule is COc1cc(Nc2ncc(-c3ccccc3)o2)ccc1-c1oc(C)nc1C. The van der Waals surface area contributed by atoms with Crippen molar-refractivity contribution in [3.63, 3.8) is 0 Å². The number of benzene rings is 2. The molecule has 0 radical (unpaired) electrons. The van der Waals surface area contributed by atoms with Crippen LogP contribution in [0.1, 0.15) is 11.6 Å². The van der Waals surface area contributed by atoms with Crippen molar-refractivity contribution < 1.29 is 13.6 Å². The maximum absolute atomic E-state index is 5.79. The van der Waals surface area contributed by atoms with Gasteiger partial charge in [-0.2, -0.15) is 0 Å². The van der Waals surface area contributed by atoms with Gasteiger partial charge in [0.2, 0.25) is 0 Å². The molecule has 0 spiro atoms. The van der Waals surface area contributed by atoms with Gasteiger partial charge in [-0.1, -0.05) is 30.3 Å². The van der Waals surface area contributed by atoms with Gasteiger partial charge in [0.05, 0.1) is 24.6 Å². The number of oxazole rings is 2. The van der Waals surface area contributed by atoms with E-state index in [9.17, 15) is 0 Å². The molecule has 6 nitrogen and oxygen atoms in total. The predicted octanol–water partition coefficient (Wildman–Crippen LogP) is 5.37. The highest BCUT2D eigenvalue weighted by molar-refractivity contribution is 5.72. The minimum absolute atomic E-state index is 0.412. The average Bonchev–Trinajstić information content (AvgIpc) is 3.28. The lowest BCUT2D eigenvalue weighted by Gasteiger charge is -2.09. The molecule has 0 aliphatic rings. The van der Waals surface area contributed by atoms with Crippen molar-refractivity contribution in [2.24, 2.45) is 0 Å². The van der Waals surface area contributed by atoms with E-state index < -0.39 is 0 Å². The third-order valence-corrected chi connectivity index (χ3v) is 4.16. The first kappa shape index (κ1) is 16.9. The smallest absolute Gasteiger partial charge is 0.299 e. The van der Waals surface area contributed by atoms with Crippen LogP contribution < -0.4 is 10.1 Å². The van der Waals surface area contributed by atoms with Crippen LogP contribution in [0.2, 0.25) is 0 Å². The monoisotopic (exact) mass is 361 g/mol. The topological polar surface area (TPSA) is 73.3 Å². The van der Waals surface area contributed by atoms with Crippen LogP contribution in [-0.2, 0) is 0 Å². The summed E-state index contributed by atoms with van der Waals surface area (Å²) >= 11 is 0. The van der Waals surface area contributed by atoms with Crippen molar-refractivity contribution in [2.75, 3.05) is 12.4 Å². The lowest BCUT2D eigenvalue weighted by Crippen LogP contribution is -1.94. The number of hydrogen-bond acceptors (Lipinski definition) is 6. The fraction of sp³-hybridized carbons (Fsp3) is 0.143. The second-order valence-corrected chi connectivity index (χ2v) is 6.08. The Kier molecular flexibility index (Phi) is 4.38. The number of anilines is 2. The average molecular weight is 361 g/mol. The highest BCUT2D eigenvalue weighted by atomic mass is 16.5. The Morgan fingerprint density at radius 2 is 1.81 bits per heavy atom. The summed E-state index contributed by atoms with van der Waals surface area (Å²) in [7, 11) is 1.62. The third-order valence-electron chi connectivity index (χ3n) is 4.16. The summed E-state index contributed by atoms with van der Waals surface area (Å²) in [5.74, 6) is 2.71. The molecular formula is C21H19N3O3. The molecule has 4 aromatic rings. The normalized spacial score (nSPS) is 10.8. The van der Waals surface area contributed by atoms with Crippen LogP contribution in [0.5, 0.6) is 5.75 Å². The van der Waals surface area contributed by atoms with Crippen molar-refractivity contribution in [1.82, 2.24) is 9.97 Å². The molecule has 2 heterocycles. The van der Waals surface area contributed by atoms with Gasteiger partial charge in [0.1, 0.15) is 5.75 Å². The van der Waals surface area contributed by atoms with E-state index in [-0.39, 0.29) is 0 Å². The van der Waals surface area contributed by atoms with Crippen molar-refractivity contribution in [3.05, 3.63) is 66.3 Å². The first-order chi connectivity index (χ1) is 13.1. The highest BCUT2D eigenvalue weighted by Gasteiger charge is 2.15. The standard InChI is InChI=1S/C21H19N3O3/c1-13-20(26-14(2)23-13)17-10-9-16(11-18(17)25-3)24-21-22-12-19(27-21)15-7-5-4-6-8-15/h4-12H,1-3H3,(H,22,24). The first-order valence-corrected chi connectivity index (χ1v) is 8.55. The lowest BCUT2D eigenvalue weighted by atomic mass is 10.1. The van der Waals surface area contributed by atoms with Gasteiger partial charge < -0.3 is 18.9 Å². The van der Waals surface area contributed by atoms with Gasteiger partial charge in [-0.05, 0) is 19.1 Å². The zero-order chi connectivity index (χ0) is 18.8. The van der Waals surface area contributed by atoms with Crippen LogP contribution in [0.4, 0.5) is 11.7 Å². The number of methoxy groups -OCH3 is 1. The van der Waals surface area contributed by atoms with E-state index in [0.29, 0.717) is 29.2 Å². The Bertz CT molecular complexity index is 1070. The van der Waals surface area contributed by atoms with Crippen molar-refractivity contribution in [3.8, 4) is 28.4 Å². The molecule has 0 aliphatic heterocycles.